The van der Waals surface area contributed by atoms with Crippen LogP contribution in [0.25, 0.3) is 0 Å². The zero-order valence-electron chi connectivity index (χ0n) is 11.9. The number of Topliss-reactive ketones (excluding diaryl/α,β-unsaturated/α-hetero) is 1. The Morgan fingerprint density at radius 2 is 1.89 bits per heavy atom. The Labute approximate surface area is 121 Å². The first kappa shape index (κ1) is 15.8. The lowest BCUT2D eigenvalue weighted by Crippen LogP contribution is -2.16. The molecule has 1 unspecified atom stereocenters. The van der Waals surface area contributed by atoms with Gasteiger partial charge in [0, 0.05) is 17.9 Å². The fourth-order valence-electron chi connectivity index (χ4n) is 1.91. The van der Waals surface area contributed by atoms with Crippen molar-refractivity contribution in [3.05, 3.63) is 35.4 Å². The molecule has 1 aromatic rings. The highest BCUT2D eigenvalue weighted by atomic mass is 32.1. The van der Waals surface area contributed by atoms with Crippen molar-refractivity contribution in [2.75, 3.05) is 6.61 Å². The number of hydrogen-bond acceptors (Lipinski definition) is 3. The fraction of sp³-hybridized carbons (Fsp3) is 0.500. The van der Waals surface area contributed by atoms with Crippen molar-refractivity contribution in [1.29, 1.82) is 0 Å². The van der Waals surface area contributed by atoms with Crippen LogP contribution in [0.5, 0.6) is 0 Å². The second kappa shape index (κ2) is 8.05. The number of hydrogen-bond donors (Lipinski definition) is 0. The first-order chi connectivity index (χ1) is 9.08. The molecule has 0 saturated carbocycles. The summed E-state index contributed by atoms with van der Waals surface area (Å²) in [4.78, 5) is 12.1. The highest BCUT2D eigenvalue weighted by Crippen LogP contribution is 2.14. The average molecular weight is 278 g/mol. The summed E-state index contributed by atoms with van der Waals surface area (Å²) in [6, 6.07) is 7.87. The van der Waals surface area contributed by atoms with Crippen molar-refractivity contribution in [3.63, 3.8) is 0 Å². The summed E-state index contributed by atoms with van der Waals surface area (Å²) in [7, 11) is 0. The first-order valence-corrected chi connectivity index (χ1v) is 7.28. The Balaban J connectivity index is 2.60. The maximum atomic E-state index is 12.1. The molecule has 0 aromatic heterocycles. The molecule has 1 rings (SSSR count). The number of carbonyl (C=O) groups excluding carboxylic acids is 1. The highest BCUT2D eigenvalue weighted by molar-refractivity contribution is 7.80. The van der Waals surface area contributed by atoms with Crippen LogP contribution in [-0.4, -0.2) is 17.4 Å². The summed E-state index contributed by atoms with van der Waals surface area (Å²) in [5, 5.41) is 0.526. The van der Waals surface area contributed by atoms with E-state index in [1.165, 1.54) is 5.56 Å². The van der Waals surface area contributed by atoms with E-state index in [0.29, 0.717) is 18.1 Å². The van der Waals surface area contributed by atoms with Crippen molar-refractivity contribution in [3.8, 4) is 0 Å². The van der Waals surface area contributed by atoms with Gasteiger partial charge in [-0.2, -0.15) is 0 Å². The number of thiocarbonyl (C=S) groups is 1. The molecule has 0 radical (unpaired) electrons. The fourth-order valence-corrected chi connectivity index (χ4v) is 2.11. The number of benzene rings is 1. The highest BCUT2D eigenvalue weighted by Gasteiger charge is 2.15. The van der Waals surface area contributed by atoms with Crippen LogP contribution < -0.4 is 0 Å². The van der Waals surface area contributed by atoms with Crippen LogP contribution in [0.3, 0.4) is 0 Å². The van der Waals surface area contributed by atoms with Gasteiger partial charge in [-0.25, -0.2) is 0 Å². The lowest BCUT2D eigenvalue weighted by atomic mass is 9.99. The van der Waals surface area contributed by atoms with Crippen LogP contribution in [0.4, 0.5) is 0 Å². The summed E-state index contributed by atoms with van der Waals surface area (Å²) in [6.45, 7) is 6.53. The molecule has 0 N–H and O–H groups in total. The molecule has 0 heterocycles. The molecule has 0 bridgehead atoms. The van der Waals surface area contributed by atoms with Crippen molar-refractivity contribution < 1.29 is 9.53 Å². The van der Waals surface area contributed by atoms with E-state index in [0.717, 1.165) is 18.4 Å². The third kappa shape index (κ3) is 5.11. The molecule has 3 heteroatoms. The lowest BCUT2D eigenvalue weighted by molar-refractivity contribution is 0.0970. The number of ether oxygens (including phenoxy) is 1. The normalized spacial score (nSPS) is 11.9. The van der Waals surface area contributed by atoms with Crippen molar-refractivity contribution in [2.24, 2.45) is 5.92 Å². The number of aryl methyl sites for hydroxylation is 1. The number of ketones is 1. The minimum Gasteiger partial charge on any atom is -0.487 e. The van der Waals surface area contributed by atoms with E-state index in [1.54, 1.807) is 0 Å². The molecule has 0 saturated heterocycles. The van der Waals surface area contributed by atoms with Gasteiger partial charge in [0.2, 0.25) is 0 Å². The van der Waals surface area contributed by atoms with Gasteiger partial charge in [-0.1, -0.05) is 44.5 Å². The van der Waals surface area contributed by atoms with Crippen LogP contribution in [0.15, 0.2) is 24.3 Å². The minimum absolute atomic E-state index is 0.0160. The maximum absolute atomic E-state index is 12.1. The average Bonchev–Trinajstić information content (AvgIpc) is 2.40. The van der Waals surface area contributed by atoms with Crippen LogP contribution in [0.2, 0.25) is 0 Å². The van der Waals surface area contributed by atoms with Crippen LogP contribution in [0.1, 0.15) is 49.5 Å². The van der Waals surface area contributed by atoms with Crippen molar-refractivity contribution in [2.45, 2.75) is 40.0 Å². The molecular weight excluding hydrogens is 256 g/mol. The third-order valence-corrected chi connectivity index (χ3v) is 3.52. The molecule has 0 aliphatic rings. The molecule has 0 fully saturated rings. The topological polar surface area (TPSA) is 26.3 Å². The van der Waals surface area contributed by atoms with E-state index < -0.39 is 0 Å². The zero-order valence-corrected chi connectivity index (χ0v) is 12.8. The van der Waals surface area contributed by atoms with Gasteiger partial charge in [0.1, 0.15) is 0 Å². The van der Waals surface area contributed by atoms with Gasteiger partial charge in [-0.05, 0) is 31.1 Å². The second-order valence-electron chi connectivity index (χ2n) is 4.73. The largest absolute Gasteiger partial charge is 0.487 e. The van der Waals surface area contributed by atoms with E-state index in [4.69, 9.17) is 17.0 Å². The Morgan fingerprint density at radius 1 is 1.26 bits per heavy atom. The van der Waals surface area contributed by atoms with Crippen LogP contribution in [0, 0.1) is 5.92 Å². The maximum Gasteiger partial charge on any atom is 0.163 e. The molecule has 104 valence electrons. The Morgan fingerprint density at radius 3 is 2.42 bits per heavy atom. The molecule has 0 amide bonds. The van der Waals surface area contributed by atoms with Crippen LogP contribution >= 0.6 is 12.2 Å². The third-order valence-electron chi connectivity index (χ3n) is 3.00. The summed E-state index contributed by atoms with van der Waals surface area (Å²) in [5.74, 6) is 0.107. The Hall–Kier alpha value is -1.22. The van der Waals surface area contributed by atoms with E-state index in [9.17, 15) is 4.79 Å². The van der Waals surface area contributed by atoms with Gasteiger partial charge >= 0.3 is 0 Å². The monoisotopic (exact) mass is 278 g/mol. The zero-order chi connectivity index (χ0) is 14.3. The first-order valence-electron chi connectivity index (χ1n) is 6.87. The van der Waals surface area contributed by atoms with E-state index in [1.807, 2.05) is 38.1 Å². The summed E-state index contributed by atoms with van der Waals surface area (Å²) in [5.41, 5.74) is 2.03. The van der Waals surface area contributed by atoms with Gasteiger partial charge in [-0.15, -0.1) is 0 Å². The van der Waals surface area contributed by atoms with Gasteiger partial charge < -0.3 is 4.74 Å². The molecule has 0 aliphatic heterocycles. The van der Waals surface area contributed by atoms with Gasteiger partial charge in [0.15, 0.2) is 10.8 Å². The molecule has 1 aromatic carbocycles. The van der Waals surface area contributed by atoms with Crippen LogP contribution in [-0.2, 0) is 11.2 Å². The van der Waals surface area contributed by atoms with Crippen molar-refractivity contribution in [1.82, 2.24) is 0 Å². The van der Waals surface area contributed by atoms with E-state index in [-0.39, 0.29) is 11.7 Å². The molecule has 19 heavy (non-hydrogen) atoms. The Kier molecular flexibility index (Phi) is 6.71. The molecule has 0 spiro atoms. The molecule has 0 aliphatic carbocycles. The quantitative estimate of drug-likeness (QED) is 0.552. The molecule has 1 atom stereocenters. The summed E-state index contributed by atoms with van der Waals surface area (Å²) >= 11 is 5.13. The van der Waals surface area contributed by atoms with E-state index >= 15 is 0 Å². The second-order valence-corrected chi connectivity index (χ2v) is 5.13. The Bertz CT molecular complexity index is 423. The standard InChI is InChI=1S/C16H22O2S/c1-4-6-13-7-9-14(10-8-13)15(17)11-12(3)16(19)18-5-2/h7-10,12H,4-6,11H2,1-3H3. The number of carbonyl (C=O) groups is 1. The SMILES string of the molecule is CCCc1ccc(C(=O)CC(C)C(=S)OCC)cc1. The minimum atomic E-state index is -0.0160. The predicted octanol–water partition coefficient (Wildman–Crippen LogP) is 4.21. The van der Waals surface area contributed by atoms with Gasteiger partial charge in [-0.3, -0.25) is 4.79 Å². The lowest BCUT2D eigenvalue weighted by Gasteiger charge is -2.12. The predicted molar refractivity (Wildman–Crippen MR) is 82.8 cm³/mol. The van der Waals surface area contributed by atoms with Gasteiger partial charge in [0.25, 0.3) is 0 Å². The summed E-state index contributed by atoms with van der Waals surface area (Å²) in [6.07, 6.45) is 2.58. The smallest absolute Gasteiger partial charge is 0.163 e. The molecular formula is C16H22O2S. The van der Waals surface area contributed by atoms with Crippen molar-refractivity contribution >= 4 is 23.1 Å². The summed E-state index contributed by atoms with van der Waals surface area (Å²) < 4.78 is 5.27. The van der Waals surface area contributed by atoms with E-state index in [2.05, 4.69) is 6.92 Å². The van der Waals surface area contributed by atoms with Gasteiger partial charge in [0.05, 0.1) is 6.61 Å². The molecule has 2 nitrogen and oxygen atoms in total. The number of rotatable bonds is 7.